The maximum absolute atomic E-state index is 12.2. The summed E-state index contributed by atoms with van der Waals surface area (Å²) in [7, 11) is 1.83. The van der Waals surface area contributed by atoms with E-state index in [1.165, 1.54) is 0 Å². The first-order valence-corrected chi connectivity index (χ1v) is 8.44. The van der Waals surface area contributed by atoms with Gasteiger partial charge in [-0.15, -0.1) is 0 Å². The number of nitrogens with one attached hydrogen (secondary N) is 1. The average molecular weight is 367 g/mol. The van der Waals surface area contributed by atoms with E-state index in [2.05, 4.69) is 15.4 Å². The standard InChI is InChI=1S/C19H21N5O3/c1-13-4-3-5-18(22-13)27-19(25)23-14-6-7-17(26-11-9-20)15(12-14)16-8-10-21-24(16)2/h3-8,10,12H,9,11,20H2,1-2H3,(H,23,25). The van der Waals surface area contributed by atoms with Gasteiger partial charge in [-0.2, -0.15) is 5.10 Å². The molecule has 0 aliphatic heterocycles. The van der Waals surface area contributed by atoms with Gasteiger partial charge in [-0.05, 0) is 37.3 Å². The van der Waals surface area contributed by atoms with E-state index in [0.29, 0.717) is 24.6 Å². The van der Waals surface area contributed by atoms with Crippen molar-refractivity contribution >= 4 is 11.8 Å². The number of ether oxygens (including phenoxy) is 2. The minimum Gasteiger partial charge on any atom is -0.492 e. The molecule has 0 aliphatic carbocycles. The van der Waals surface area contributed by atoms with Crippen LogP contribution in [-0.2, 0) is 7.05 Å². The van der Waals surface area contributed by atoms with Crippen molar-refractivity contribution in [2.45, 2.75) is 6.92 Å². The van der Waals surface area contributed by atoms with Gasteiger partial charge in [0.15, 0.2) is 0 Å². The summed E-state index contributed by atoms with van der Waals surface area (Å²) in [5.41, 5.74) is 8.49. The topological polar surface area (TPSA) is 104 Å². The van der Waals surface area contributed by atoms with Crippen LogP contribution in [0.25, 0.3) is 11.3 Å². The molecule has 0 radical (unpaired) electrons. The molecular formula is C19H21N5O3. The molecule has 0 fully saturated rings. The van der Waals surface area contributed by atoms with Crippen molar-refractivity contribution in [2.75, 3.05) is 18.5 Å². The van der Waals surface area contributed by atoms with Gasteiger partial charge in [-0.3, -0.25) is 10.00 Å². The number of aromatic nitrogens is 3. The maximum Gasteiger partial charge on any atom is 0.418 e. The summed E-state index contributed by atoms with van der Waals surface area (Å²) in [4.78, 5) is 16.3. The van der Waals surface area contributed by atoms with E-state index in [0.717, 1.165) is 17.0 Å². The summed E-state index contributed by atoms with van der Waals surface area (Å²) in [5.74, 6) is 0.894. The van der Waals surface area contributed by atoms with Crippen molar-refractivity contribution in [1.29, 1.82) is 0 Å². The van der Waals surface area contributed by atoms with Crippen molar-refractivity contribution in [3.63, 3.8) is 0 Å². The summed E-state index contributed by atoms with van der Waals surface area (Å²) in [6.07, 6.45) is 1.07. The van der Waals surface area contributed by atoms with E-state index >= 15 is 0 Å². The number of hydrogen-bond donors (Lipinski definition) is 2. The van der Waals surface area contributed by atoms with Crippen LogP contribution in [0.3, 0.4) is 0 Å². The predicted molar refractivity (Wildman–Crippen MR) is 102 cm³/mol. The first kappa shape index (κ1) is 18.4. The van der Waals surface area contributed by atoms with Crippen LogP contribution in [0.1, 0.15) is 5.69 Å². The highest BCUT2D eigenvalue weighted by Gasteiger charge is 2.13. The van der Waals surface area contributed by atoms with Crippen LogP contribution < -0.4 is 20.5 Å². The molecule has 0 saturated heterocycles. The van der Waals surface area contributed by atoms with Crippen molar-refractivity contribution < 1.29 is 14.3 Å². The second kappa shape index (κ2) is 8.33. The number of nitrogens with zero attached hydrogens (tertiary/aromatic N) is 3. The quantitative estimate of drug-likeness (QED) is 0.694. The van der Waals surface area contributed by atoms with E-state index in [9.17, 15) is 4.79 Å². The number of nitrogens with two attached hydrogens (primary N) is 1. The zero-order valence-corrected chi connectivity index (χ0v) is 15.2. The molecule has 1 amide bonds. The van der Waals surface area contributed by atoms with Crippen LogP contribution in [0.2, 0.25) is 0 Å². The molecule has 3 N–H and O–H groups in total. The van der Waals surface area contributed by atoms with Gasteiger partial charge in [0.25, 0.3) is 0 Å². The number of benzene rings is 1. The van der Waals surface area contributed by atoms with Gasteiger partial charge >= 0.3 is 6.09 Å². The summed E-state index contributed by atoms with van der Waals surface area (Å²) in [6, 6.07) is 12.4. The molecule has 8 nitrogen and oxygen atoms in total. The fourth-order valence-corrected chi connectivity index (χ4v) is 2.55. The molecule has 0 saturated carbocycles. The van der Waals surface area contributed by atoms with Crippen LogP contribution in [0.5, 0.6) is 11.6 Å². The summed E-state index contributed by atoms with van der Waals surface area (Å²) in [6.45, 7) is 2.62. The highest BCUT2D eigenvalue weighted by Crippen LogP contribution is 2.32. The fraction of sp³-hybridized carbons (Fsp3) is 0.211. The SMILES string of the molecule is Cc1cccc(OC(=O)Nc2ccc(OCCN)c(-c3ccnn3C)c2)n1. The number of rotatable bonds is 6. The lowest BCUT2D eigenvalue weighted by Crippen LogP contribution is -2.17. The van der Waals surface area contributed by atoms with Crippen molar-refractivity contribution in [2.24, 2.45) is 12.8 Å². The Morgan fingerprint density at radius 2 is 2.11 bits per heavy atom. The number of anilines is 1. The van der Waals surface area contributed by atoms with Gasteiger partial charge in [0.1, 0.15) is 12.4 Å². The second-order valence-corrected chi connectivity index (χ2v) is 5.82. The Bertz CT molecular complexity index is 939. The molecule has 27 heavy (non-hydrogen) atoms. The Balaban J connectivity index is 1.81. The first-order valence-electron chi connectivity index (χ1n) is 8.44. The van der Waals surface area contributed by atoms with Crippen LogP contribution in [0, 0.1) is 6.92 Å². The Hall–Kier alpha value is -3.39. The van der Waals surface area contributed by atoms with Gasteiger partial charge in [0.2, 0.25) is 5.88 Å². The van der Waals surface area contributed by atoms with Gasteiger partial charge in [-0.25, -0.2) is 9.78 Å². The Labute approximate surface area is 156 Å². The highest BCUT2D eigenvalue weighted by atomic mass is 16.6. The molecule has 0 bridgehead atoms. The maximum atomic E-state index is 12.2. The third-order valence-corrected chi connectivity index (χ3v) is 3.76. The summed E-state index contributed by atoms with van der Waals surface area (Å²) < 4.78 is 12.7. The number of carbonyl (C=O) groups is 1. The molecule has 2 heterocycles. The minimum absolute atomic E-state index is 0.238. The van der Waals surface area contributed by atoms with Crippen LogP contribution in [0.4, 0.5) is 10.5 Å². The molecule has 3 rings (SSSR count). The normalized spacial score (nSPS) is 10.5. The van der Waals surface area contributed by atoms with Crippen molar-refractivity contribution in [3.05, 3.63) is 54.4 Å². The fourth-order valence-electron chi connectivity index (χ4n) is 2.55. The molecule has 0 unspecified atom stereocenters. The highest BCUT2D eigenvalue weighted by molar-refractivity contribution is 5.87. The Morgan fingerprint density at radius 1 is 1.26 bits per heavy atom. The number of carbonyl (C=O) groups excluding carboxylic acids is 1. The molecule has 1 aromatic carbocycles. The van der Waals surface area contributed by atoms with Gasteiger partial charge in [-0.1, -0.05) is 6.07 Å². The van der Waals surface area contributed by atoms with Gasteiger partial charge in [0.05, 0.1) is 5.69 Å². The van der Waals surface area contributed by atoms with E-state index in [1.807, 2.05) is 26.1 Å². The zero-order valence-electron chi connectivity index (χ0n) is 15.2. The molecule has 0 aliphatic rings. The number of aryl methyl sites for hydroxylation is 2. The van der Waals surface area contributed by atoms with Crippen molar-refractivity contribution in [1.82, 2.24) is 14.8 Å². The summed E-state index contributed by atoms with van der Waals surface area (Å²) >= 11 is 0. The lowest BCUT2D eigenvalue weighted by Gasteiger charge is -2.13. The third-order valence-electron chi connectivity index (χ3n) is 3.76. The Morgan fingerprint density at radius 3 is 2.81 bits per heavy atom. The van der Waals surface area contributed by atoms with E-state index in [1.54, 1.807) is 41.2 Å². The van der Waals surface area contributed by atoms with Crippen LogP contribution >= 0.6 is 0 Å². The molecule has 0 atom stereocenters. The second-order valence-electron chi connectivity index (χ2n) is 5.82. The molecule has 140 valence electrons. The molecule has 0 spiro atoms. The lowest BCUT2D eigenvalue weighted by atomic mass is 10.1. The minimum atomic E-state index is -0.625. The molecular weight excluding hydrogens is 346 g/mol. The van der Waals surface area contributed by atoms with E-state index < -0.39 is 6.09 Å². The van der Waals surface area contributed by atoms with Crippen LogP contribution in [0.15, 0.2) is 48.7 Å². The smallest absolute Gasteiger partial charge is 0.418 e. The van der Waals surface area contributed by atoms with Crippen LogP contribution in [-0.4, -0.2) is 34.0 Å². The number of amides is 1. The number of hydrogen-bond acceptors (Lipinski definition) is 6. The summed E-state index contributed by atoms with van der Waals surface area (Å²) in [5, 5.41) is 6.89. The lowest BCUT2D eigenvalue weighted by molar-refractivity contribution is 0.213. The van der Waals surface area contributed by atoms with E-state index in [4.69, 9.17) is 15.2 Å². The average Bonchev–Trinajstić information content (AvgIpc) is 3.06. The van der Waals surface area contributed by atoms with E-state index in [-0.39, 0.29) is 5.88 Å². The third kappa shape index (κ3) is 4.62. The first-order chi connectivity index (χ1) is 13.1. The largest absolute Gasteiger partial charge is 0.492 e. The molecule has 3 aromatic rings. The zero-order chi connectivity index (χ0) is 19.2. The monoisotopic (exact) mass is 367 g/mol. The predicted octanol–water partition coefficient (Wildman–Crippen LogP) is 2.74. The van der Waals surface area contributed by atoms with Gasteiger partial charge in [0, 0.05) is 42.8 Å². The Kier molecular flexibility index (Phi) is 5.68. The number of pyridine rings is 1. The molecule has 2 aromatic heterocycles. The van der Waals surface area contributed by atoms with Crippen molar-refractivity contribution in [3.8, 4) is 22.9 Å². The van der Waals surface area contributed by atoms with Gasteiger partial charge < -0.3 is 15.2 Å². The molecule has 8 heteroatoms.